The number of carbonyl (C=O) groups excluding carboxylic acids is 1. The van der Waals surface area contributed by atoms with Crippen molar-refractivity contribution < 1.29 is 13.2 Å². The van der Waals surface area contributed by atoms with Gasteiger partial charge in [-0.05, 0) is 47.9 Å². The Morgan fingerprint density at radius 3 is 2.00 bits per heavy atom. The van der Waals surface area contributed by atoms with Gasteiger partial charge in [-0.15, -0.1) is 0 Å². The van der Waals surface area contributed by atoms with E-state index in [-0.39, 0.29) is 11.8 Å². The van der Waals surface area contributed by atoms with Gasteiger partial charge in [-0.25, -0.2) is 17.9 Å². The summed E-state index contributed by atoms with van der Waals surface area (Å²) in [6, 6.07) is 2.94. The third-order valence-corrected chi connectivity index (χ3v) is 6.91. The van der Waals surface area contributed by atoms with E-state index in [1.165, 1.54) is 0 Å². The van der Waals surface area contributed by atoms with Crippen molar-refractivity contribution in [2.75, 3.05) is 5.32 Å². The van der Waals surface area contributed by atoms with Gasteiger partial charge in [0.05, 0.1) is 5.25 Å². The quantitative estimate of drug-likeness (QED) is 0.697. The molecule has 7 heteroatoms. The van der Waals surface area contributed by atoms with Crippen LogP contribution in [0.4, 0.5) is 10.5 Å². The molecule has 0 heterocycles. The first-order valence-electron chi connectivity index (χ1n) is 9.27. The van der Waals surface area contributed by atoms with Crippen LogP contribution < -0.4 is 10.0 Å². The fraction of sp³-hybridized carbons (Fsp3) is 0.632. The number of nitrogens with one attached hydrogen (secondary N) is 2. The lowest BCUT2D eigenvalue weighted by molar-refractivity contribution is 0.256. The molecule has 1 aliphatic carbocycles. The van der Waals surface area contributed by atoms with Gasteiger partial charge in [0, 0.05) is 10.7 Å². The Morgan fingerprint density at radius 1 is 1.04 bits per heavy atom. The van der Waals surface area contributed by atoms with E-state index >= 15 is 0 Å². The fourth-order valence-corrected chi connectivity index (χ4v) is 5.10. The van der Waals surface area contributed by atoms with Gasteiger partial charge in [-0.3, -0.25) is 0 Å². The molecule has 0 bridgehead atoms. The number of halogens is 1. The van der Waals surface area contributed by atoms with Gasteiger partial charge in [-0.1, -0.05) is 58.6 Å². The lowest BCUT2D eigenvalue weighted by Crippen LogP contribution is -2.41. The number of benzene rings is 1. The van der Waals surface area contributed by atoms with E-state index in [9.17, 15) is 13.2 Å². The summed E-state index contributed by atoms with van der Waals surface area (Å²) in [5.74, 6) is 0.271. The molecule has 2 rings (SSSR count). The SMILES string of the molecule is CC(C)c1cc(Cl)cc(C(C)C)c1NC(=O)NS(=O)(=O)C1CCCCC1. The van der Waals surface area contributed by atoms with E-state index in [0.29, 0.717) is 23.6 Å². The average Bonchev–Trinajstić information content (AvgIpc) is 2.56. The van der Waals surface area contributed by atoms with Gasteiger partial charge in [0.2, 0.25) is 10.0 Å². The molecule has 0 aliphatic heterocycles. The summed E-state index contributed by atoms with van der Waals surface area (Å²) in [6.45, 7) is 8.05. The van der Waals surface area contributed by atoms with Crippen LogP contribution in [0.5, 0.6) is 0 Å². The predicted molar refractivity (Wildman–Crippen MR) is 108 cm³/mol. The normalized spacial score (nSPS) is 16.1. The van der Waals surface area contributed by atoms with E-state index in [4.69, 9.17) is 11.6 Å². The summed E-state index contributed by atoms with van der Waals surface area (Å²) in [5.41, 5.74) is 2.44. The second-order valence-corrected chi connectivity index (χ2v) is 10.0. The Kier molecular flexibility index (Phi) is 6.97. The lowest BCUT2D eigenvalue weighted by atomic mass is 9.92. The first-order valence-corrected chi connectivity index (χ1v) is 11.2. The van der Waals surface area contributed by atoms with Crippen LogP contribution in [0.2, 0.25) is 5.02 Å². The number of hydrogen-bond acceptors (Lipinski definition) is 3. The molecule has 0 atom stereocenters. The van der Waals surface area contributed by atoms with Crippen LogP contribution in [0, 0.1) is 0 Å². The topological polar surface area (TPSA) is 75.3 Å². The number of rotatable bonds is 5. The zero-order valence-electron chi connectivity index (χ0n) is 15.9. The summed E-state index contributed by atoms with van der Waals surface area (Å²) in [7, 11) is -3.67. The minimum Gasteiger partial charge on any atom is -0.307 e. The Hall–Kier alpha value is -1.27. The number of carbonyl (C=O) groups is 1. The van der Waals surface area contributed by atoms with Crippen LogP contribution in [0.1, 0.15) is 82.8 Å². The molecule has 1 aromatic carbocycles. The molecule has 146 valence electrons. The van der Waals surface area contributed by atoms with E-state index in [0.717, 1.165) is 30.4 Å². The highest BCUT2D eigenvalue weighted by Gasteiger charge is 2.29. The Bertz CT molecular complexity index is 725. The molecule has 1 aliphatic rings. The fourth-order valence-electron chi connectivity index (χ4n) is 3.43. The standard InChI is InChI=1S/C19H29ClN2O3S/c1-12(2)16-10-14(20)11-17(13(3)4)18(16)21-19(23)22-26(24,25)15-8-6-5-7-9-15/h10-13,15H,5-9H2,1-4H3,(H2,21,22,23). The molecule has 1 fully saturated rings. The van der Waals surface area contributed by atoms with Gasteiger partial charge in [0.15, 0.2) is 0 Å². The maximum Gasteiger partial charge on any atom is 0.332 e. The molecular weight excluding hydrogens is 372 g/mol. The molecule has 0 saturated heterocycles. The van der Waals surface area contributed by atoms with Crippen LogP contribution in [-0.2, 0) is 10.0 Å². The number of urea groups is 1. The largest absolute Gasteiger partial charge is 0.332 e. The van der Waals surface area contributed by atoms with Gasteiger partial charge >= 0.3 is 6.03 Å². The maximum atomic E-state index is 12.5. The first kappa shape index (κ1) is 21.0. The van der Waals surface area contributed by atoms with Gasteiger partial charge < -0.3 is 5.32 Å². The van der Waals surface area contributed by atoms with E-state index < -0.39 is 21.3 Å². The molecule has 0 spiro atoms. The molecule has 1 saturated carbocycles. The third-order valence-electron chi connectivity index (χ3n) is 4.87. The molecule has 2 N–H and O–H groups in total. The lowest BCUT2D eigenvalue weighted by Gasteiger charge is -2.24. The summed E-state index contributed by atoms with van der Waals surface area (Å²) < 4.78 is 27.2. The molecule has 26 heavy (non-hydrogen) atoms. The number of hydrogen-bond donors (Lipinski definition) is 2. The maximum absolute atomic E-state index is 12.5. The van der Waals surface area contributed by atoms with Crippen LogP contribution in [0.25, 0.3) is 0 Å². The first-order chi connectivity index (χ1) is 12.1. The van der Waals surface area contributed by atoms with Crippen LogP contribution in [0.15, 0.2) is 12.1 Å². The second kappa shape index (κ2) is 8.61. The van der Waals surface area contributed by atoms with Crippen molar-refractivity contribution in [3.05, 3.63) is 28.3 Å². The van der Waals surface area contributed by atoms with Crippen molar-refractivity contribution in [3.63, 3.8) is 0 Å². The van der Waals surface area contributed by atoms with Crippen molar-refractivity contribution in [1.29, 1.82) is 0 Å². The number of sulfonamides is 1. The van der Waals surface area contributed by atoms with E-state index in [1.807, 2.05) is 39.8 Å². The Balaban J connectivity index is 2.25. The molecule has 5 nitrogen and oxygen atoms in total. The molecule has 0 aromatic heterocycles. The highest BCUT2D eigenvalue weighted by molar-refractivity contribution is 7.90. The minimum absolute atomic E-state index is 0.136. The summed E-state index contributed by atoms with van der Waals surface area (Å²) >= 11 is 6.23. The number of anilines is 1. The van der Waals surface area contributed by atoms with Crippen molar-refractivity contribution in [1.82, 2.24) is 4.72 Å². The second-order valence-electron chi connectivity index (χ2n) is 7.63. The Morgan fingerprint density at radius 2 is 1.54 bits per heavy atom. The number of amides is 2. The molecular formula is C19H29ClN2O3S. The molecule has 2 amide bonds. The van der Waals surface area contributed by atoms with Crippen molar-refractivity contribution in [2.45, 2.75) is 76.9 Å². The molecule has 0 radical (unpaired) electrons. The predicted octanol–water partition coefficient (Wildman–Crippen LogP) is 5.37. The highest BCUT2D eigenvalue weighted by atomic mass is 35.5. The average molecular weight is 401 g/mol. The third kappa shape index (κ3) is 5.13. The smallest absolute Gasteiger partial charge is 0.307 e. The molecule has 0 unspecified atom stereocenters. The Labute approximate surface area is 161 Å². The molecule has 1 aromatic rings. The van der Waals surface area contributed by atoms with E-state index in [1.54, 1.807) is 0 Å². The summed E-state index contributed by atoms with van der Waals surface area (Å²) in [5, 5.41) is 2.90. The van der Waals surface area contributed by atoms with Gasteiger partial charge in [0.1, 0.15) is 0 Å². The van der Waals surface area contributed by atoms with Crippen molar-refractivity contribution >= 4 is 33.3 Å². The van der Waals surface area contributed by atoms with Crippen LogP contribution in [-0.4, -0.2) is 19.7 Å². The zero-order valence-corrected chi connectivity index (χ0v) is 17.5. The summed E-state index contributed by atoms with van der Waals surface area (Å²) in [4.78, 5) is 12.5. The van der Waals surface area contributed by atoms with Gasteiger partial charge in [0.25, 0.3) is 0 Å². The highest BCUT2D eigenvalue weighted by Crippen LogP contribution is 2.35. The summed E-state index contributed by atoms with van der Waals surface area (Å²) in [6.07, 6.45) is 4.05. The van der Waals surface area contributed by atoms with Crippen molar-refractivity contribution in [3.8, 4) is 0 Å². The zero-order chi connectivity index (χ0) is 19.5. The van der Waals surface area contributed by atoms with Crippen molar-refractivity contribution in [2.24, 2.45) is 0 Å². The van der Waals surface area contributed by atoms with Crippen LogP contribution >= 0.6 is 11.6 Å². The van der Waals surface area contributed by atoms with Crippen LogP contribution in [0.3, 0.4) is 0 Å². The van der Waals surface area contributed by atoms with E-state index in [2.05, 4.69) is 10.0 Å². The minimum atomic E-state index is -3.67. The van der Waals surface area contributed by atoms with Gasteiger partial charge in [-0.2, -0.15) is 0 Å². The monoisotopic (exact) mass is 400 g/mol.